The van der Waals surface area contributed by atoms with Gasteiger partial charge < -0.3 is 14.5 Å². The molecule has 0 aliphatic heterocycles. The molecule has 2 heterocycles. The highest BCUT2D eigenvalue weighted by atomic mass is 16.4. The molecule has 3 rings (SSSR count). The van der Waals surface area contributed by atoms with Gasteiger partial charge >= 0.3 is 5.97 Å². The van der Waals surface area contributed by atoms with Crippen molar-refractivity contribution in [2.45, 2.75) is 0 Å². The molecule has 3 aromatic rings. The molecule has 0 fully saturated rings. The fourth-order valence-corrected chi connectivity index (χ4v) is 2.18. The molecule has 0 aliphatic rings. The monoisotopic (exact) mass is 281 g/mol. The van der Waals surface area contributed by atoms with Crippen LogP contribution < -0.4 is 5.56 Å². The zero-order valence-corrected chi connectivity index (χ0v) is 10.9. The fourth-order valence-electron chi connectivity index (χ4n) is 2.18. The summed E-state index contributed by atoms with van der Waals surface area (Å²) in [6, 6.07) is 13.1. The average molecular weight is 281 g/mol. The molecule has 2 aromatic heterocycles. The Morgan fingerprint density at radius 2 is 1.90 bits per heavy atom. The number of aromatic amines is 1. The molecule has 0 saturated heterocycles. The third-order valence-electron chi connectivity index (χ3n) is 3.10. The minimum absolute atomic E-state index is 0.129. The Balaban J connectivity index is 2.20. The maximum Gasteiger partial charge on any atom is 0.336 e. The van der Waals surface area contributed by atoms with E-state index in [2.05, 4.69) is 4.98 Å². The highest BCUT2D eigenvalue weighted by Gasteiger charge is 2.13. The van der Waals surface area contributed by atoms with Crippen LogP contribution in [0.25, 0.3) is 22.6 Å². The van der Waals surface area contributed by atoms with Gasteiger partial charge in [-0.1, -0.05) is 18.2 Å². The first kappa shape index (κ1) is 12.9. The van der Waals surface area contributed by atoms with Crippen LogP contribution in [0.3, 0.4) is 0 Å². The van der Waals surface area contributed by atoms with Crippen LogP contribution in [0.4, 0.5) is 0 Å². The molecule has 1 aromatic carbocycles. The molecule has 0 spiro atoms. The van der Waals surface area contributed by atoms with E-state index in [1.165, 1.54) is 18.4 Å². The summed E-state index contributed by atoms with van der Waals surface area (Å²) in [6.45, 7) is 0. The number of furan rings is 1. The van der Waals surface area contributed by atoms with E-state index in [1.807, 2.05) is 0 Å². The molecule has 5 heteroatoms. The number of aromatic nitrogens is 1. The normalized spacial score (nSPS) is 10.5. The van der Waals surface area contributed by atoms with Gasteiger partial charge in [-0.25, -0.2) is 4.79 Å². The summed E-state index contributed by atoms with van der Waals surface area (Å²) in [7, 11) is 0. The van der Waals surface area contributed by atoms with Crippen LogP contribution in [0, 0.1) is 0 Å². The summed E-state index contributed by atoms with van der Waals surface area (Å²) >= 11 is 0. The van der Waals surface area contributed by atoms with E-state index in [1.54, 1.807) is 36.4 Å². The largest absolute Gasteiger partial charge is 0.478 e. The number of rotatable bonds is 3. The van der Waals surface area contributed by atoms with Gasteiger partial charge in [-0.2, -0.15) is 0 Å². The molecule has 0 saturated carbocycles. The molecule has 0 unspecified atom stereocenters. The number of carboxylic acid groups (broad SMARTS) is 1. The van der Waals surface area contributed by atoms with E-state index < -0.39 is 5.97 Å². The van der Waals surface area contributed by atoms with Crippen LogP contribution in [0.5, 0.6) is 0 Å². The quantitative estimate of drug-likeness (QED) is 0.773. The Morgan fingerprint density at radius 3 is 2.62 bits per heavy atom. The number of nitrogens with one attached hydrogen (secondary N) is 1. The van der Waals surface area contributed by atoms with Gasteiger partial charge in [0.15, 0.2) is 0 Å². The van der Waals surface area contributed by atoms with Gasteiger partial charge in [-0.15, -0.1) is 0 Å². The first-order valence-corrected chi connectivity index (χ1v) is 6.26. The van der Waals surface area contributed by atoms with Gasteiger partial charge in [-0.3, -0.25) is 4.79 Å². The highest BCUT2D eigenvalue weighted by Crippen LogP contribution is 2.25. The molecule has 0 amide bonds. The van der Waals surface area contributed by atoms with Crippen molar-refractivity contribution in [3.63, 3.8) is 0 Å². The lowest BCUT2D eigenvalue weighted by Crippen LogP contribution is -2.08. The molecule has 0 aliphatic carbocycles. The Morgan fingerprint density at radius 1 is 1.10 bits per heavy atom. The number of H-pyrrole nitrogens is 1. The van der Waals surface area contributed by atoms with Gasteiger partial charge in [0.1, 0.15) is 5.76 Å². The van der Waals surface area contributed by atoms with Gasteiger partial charge in [0, 0.05) is 22.9 Å². The maximum atomic E-state index is 11.8. The third kappa shape index (κ3) is 2.49. The van der Waals surface area contributed by atoms with Crippen molar-refractivity contribution in [3.05, 3.63) is 70.7 Å². The predicted octanol–water partition coefficient (Wildman–Crippen LogP) is 3.00. The second-order valence-corrected chi connectivity index (χ2v) is 4.47. The van der Waals surface area contributed by atoms with E-state index in [4.69, 9.17) is 4.42 Å². The lowest BCUT2D eigenvalue weighted by atomic mass is 10.0. The number of hydrogen-bond donors (Lipinski definition) is 2. The zero-order chi connectivity index (χ0) is 14.8. The van der Waals surface area contributed by atoms with Crippen LogP contribution in [0.2, 0.25) is 0 Å². The van der Waals surface area contributed by atoms with Crippen LogP contribution in [0.15, 0.2) is 64.0 Å². The number of carbonyl (C=O) groups is 1. The van der Waals surface area contributed by atoms with E-state index in [9.17, 15) is 14.7 Å². The fraction of sp³-hybridized carbons (Fsp3) is 0. The number of carboxylic acids is 1. The first-order valence-electron chi connectivity index (χ1n) is 6.26. The van der Waals surface area contributed by atoms with Crippen molar-refractivity contribution < 1.29 is 14.3 Å². The SMILES string of the molecule is O=C(O)c1ccccc1-c1cc(-c2ccco2)cc(=O)[nH]1. The third-order valence-corrected chi connectivity index (χ3v) is 3.10. The van der Waals surface area contributed by atoms with Crippen molar-refractivity contribution in [1.29, 1.82) is 0 Å². The van der Waals surface area contributed by atoms with Crippen molar-refractivity contribution in [1.82, 2.24) is 4.98 Å². The minimum atomic E-state index is -1.05. The second-order valence-electron chi connectivity index (χ2n) is 4.47. The van der Waals surface area contributed by atoms with Crippen molar-refractivity contribution in [2.24, 2.45) is 0 Å². The lowest BCUT2D eigenvalue weighted by Gasteiger charge is -2.07. The number of hydrogen-bond acceptors (Lipinski definition) is 3. The van der Waals surface area contributed by atoms with Crippen LogP contribution >= 0.6 is 0 Å². The number of pyridine rings is 1. The molecule has 5 nitrogen and oxygen atoms in total. The summed E-state index contributed by atoms with van der Waals surface area (Å²) in [5.74, 6) is -0.495. The Hall–Kier alpha value is -3.08. The molecule has 0 bridgehead atoms. The maximum absolute atomic E-state index is 11.8. The Bertz CT molecular complexity index is 847. The topological polar surface area (TPSA) is 83.3 Å². The van der Waals surface area contributed by atoms with E-state index in [0.717, 1.165) is 0 Å². The molecule has 21 heavy (non-hydrogen) atoms. The van der Waals surface area contributed by atoms with Crippen LogP contribution in [-0.2, 0) is 0 Å². The average Bonchev–Trinajstić information content (AvgIpc) is 3.01. The first-order chi connectivity index (χ1) is 10.1. The van der Waals surface area contributed by atoms with Gasteiger partial charge in [0.25, 0.3) is 0 Å². The minimum Gasteiger partial charge on any atom is -0.478 e. The van der Waals surface area contributed by atoms with E-state index in [-0.39, 0.29) is 11.1 Å². The molecule has 0 radical (unpaired) electrons. The van der Waals surface area contributed by atoms with Crippen molar-refractivity contribution in [2.75, 3.05) is 0 Å². The van der Waals surface area contributed by atoms with Crippen LogP contribution in [0.1, 0.15) is 10.4 Å². The smallest absolute Gasteiger partial charge is 0.336 e. The second kappa shape index (κ2) is 5.13. The number of benzene rings is 1. The standard InChI is InChI=1S/C16H11NO4/c18-15-9-10(14-6-3-7-21-14)8-13(17-15)11-4-1-2-5-12(11)16(19)20/h1-9H,(H,17,18)(H,19,20). The molecule has 2 N–H and O–H groups in total. The lowest BCUT2D eigenvalue weighted by molar-refractivity contribution is 0.0697. The highest BCUT2D eigenvalue weighted by molar-refractivity contribution is 5.95. The molecule has 104 valence electrons. The zero-order valence-electron chi connectivity index (χ0n) is 10.9. The van der Waals surface area contributed by atoms with Crippen LogP contribution in [-0.4, -0.2) is 16.1 Å². The van der Waals surface area contributed by atoms with Crippen molar-refractivity contribution >= 4 is 5.97 Å². The van der Waals surface area contributed by atoms with Crippen molar-refractivity contribution in [3.8, 4) is 22.6 Å². The van der Waals surface area contributed by atoms with Gasteiger partial charge in [0.05, 0.1) is 11.8 Å². The summed E-state index contributed by atoms with van der Waals surface area (Å²) in [6.07, 6.45) is 1.52. The Kier molecular flexibility index (Phi) is 3.16. The predicted molar refractivity (Wildman–Crippen MR) is 77.2 cm³/mol. The number of aromatic carboxylic acids is 1. The summed E-state index contributed by atoms with van der Waals surface area (Å²) in [5, 5.41) is 9.24. The molecule has 0 atom stereocenters. The summed E-state index contributed by atoms with van der Waals surface area (Å²) < 4.78 is 5.27. The van der Waals surface area contributed by atoms with Gasteiger partial charge in [-0.05, 0) is 24.3 Å². The Labute approximate surface area is 119 Å². The molecular formula is C16H11NO4. The van der Waals surface area contributed by atoms with E-state index in [0.29, 0.717) is 22.6 Å². The van der Waals surface area contributed by atoms with E-state index >= 15 is 0 Å². The summed E-state index contributed by atoms with van der Waals surface area (Å²) in [4.78, 5) is 25.8. The van der Waals surface area contributed by atoms with Gasteiger partial charge in [0.2, 0.25) is 5.56 Å². The molecular weight excluding hydrogens is 270 g/mol. The summed E-state index contributed by atoms with van der Waals surface area (Å²) in [5.41, 5.74) is 1.30.